The molecule has 0 fully saturated rings. The summed E-state index contributed by atoms with van der Waals surface area (Å²) in [5.41, 5.74) is 11.3. The molecule has 3 nitrogen and oxygen atoms in total. The van der Waals surface area contributed by atoms with E-state index in [0.717, 1.165) is 36.3 Å². The van der Waals surface area contributed by atoms with Gasteiger partial charge in [0.25, 0.3) is 0 Å². The minimum absolute atomic E-state index is 0.392. The van der Waals surface area contributed by atoms with E-state index in [1.54, 1.807) is 0 Å². The third kappa shape index (κ3) is 2.39. The summed E-state index contributed by atoms with van der Waals surface area (Å²) >= 11 is 5.17. The molecule has 0 saturated carbocycles. The summed E-state index contributed by atoms with van der Waals surface area (Å²) in [4.78, 5) is 5.12. The number of nitrogens with zero attached hydrogens (tertiary/aromatic N) is 1. The molecular formula is C16H17N3S. The molecule has 20 heavy (non-hydrogen) atoms. The van der Waals surface area contributed by atoms with Crippen LogP contribution in [0.3, 0.4) is 0 Å². The third-order valence-corrected chi connectivity index (χ3v) is 3.93. The SMILES string of the molecule is Cc1ccccc1Nc1nc2c(cc1C(N)=S)CCC2. The molecule has 102 valence electrons. The smallest absolute Gasteiger partial charge is 0.140 e. The fourth-order valence-electron chi connectivity index (χ4n) is 2.60. The molecule has 0 amide bonds. The summed E-state index contributed by atoms with van der Waals surface area (Å²) in [6.45, 7) is 2.07. The number of rotatable bonds is 3. The van der Waals surface area contributed by atoms with Crippen LogP contribution in [0.4, 0.5) is 11.5 Å². The summed E-state index contributed by atoms with van der Waals surface area (Å²) in [5, 5.41) is 3.37. The number of pyridine rings is 1. The van der Waals surface area contributed by atoms with Gasteiger partial charge < -0.3 is 11.1 Å². The molecular weight excluding hydrogens is 266 g/mol. The van der Waals surface area contributed by atoms with Gasteiger partial charge in [0.05, 0.1) is 5.56 Å². The molecule has 4 heteroatoms. The van der Waals surface area contributed by atoms with Crippen molar-refractivity contribution >= 4 is 28.7 Å². The van der Waals surface area contributed by atoms with Gasteiger partial charge >= 0.3 is 0 Å². The van der Waals surface area contributed by atoms with Gasteiger partial charge in [0.1, 0.15) is 10.8 Å². The largest absolute Gasteiger partial charge is 0.389 e. The Labute approximate surface area is 124 Å². The zero-order chi connectivity index (χ0) is 14.1. The number of thiocarbonyl (C=S) groups is 1. The number of anilines is 2. The van der Waals surface area contributed by atoms with Crippen molar-refractivity contribution < 1.29 is 0 Å². The van der Waals surface area contributed by atoms with Gasteiger partial charge in [0.15, 0.2) is 0 Å². The van der Waals surface area contributed by atoms with Crippen molar-refractivity contribution in [3.63, 3.8) is 0 Å². The van der Waals surface area contributed by atoms with Crippen LogP contribution >= 0.6 is 12.2 Å². The number of aryl methyl sites for hydroxylation is 3. The Morgan fingerprint density at radius 2 is 2.10 bits per heavy atom. The molecule has 1 aromatic carbocycles. The Bertz CT molecular complexity index is 679. The van der Waals surface area contributed by atoms with Crippen molar-refractivity contribution in [2.45, 2.75) is 26.2 Å². The average Bonchev–Trinajstić information content (AvgIpc) is 2.87. The normalized spacial score (nSPS) is 13.1. The van der Waals surface area contributed by atoms with E-state index in [9.17, 15) is 0 Å². The molecule has 3 N–H and O–H groups in total. The first kappa shape index (κ1) is 13.1. The standard InChI is InChI=1S/C16H17N3S/c1-10-5-2-3-7-13(10)18-16-12(15(17)20)9-11-6-4-8-14(11)19-16/h2-3,5,7,9H,4,6,8H2,1H3,(H2,17,20)(H,18,19). The summed E-state index contributed by atoms with van der Waals surface area (Å²) < 4.78 is 0. The molecule has 0 saturated heterocycles. The van der Waals surface area contributed by atoms with E-state index in [-0.39, 0.29) is 0 Å². The minimum Gasteiger partial charge on any atom is -0.389 e. The summed E-state index contributed by atoms with van der Waals surface area (Å²) in [7, 11) is 0. The Balaban J connectivity index is 2.04. The zero-order valence-electron chi connectivity index (χ0n) is 11.4. The van der Waals surface area contributed by atoms with E-state index < -0.39 is 0 Å². The van der Waals surface area contributed by atoms with Crippen molar-refractivity contribution in [3.8, 4) is 0 Å². The summed E-state index contributed by atoms with van der Waals surface area (Å²) in [5.74, 6) is 0.771. The van der Waals surface area contributed by atoms with Gasteiger partial charge in [-0.3, -0.25) is 0 Å². The average molecular weight is 283 g/mol. The number of benzene rings is 1. The Kier molecular flexibility index (Phi) is 3.40. The molecule has 1 aliphatic carbocycles. The van der Waals surface area contributed by atoms with Crippen LogP contribution in [-0.4, -0.2) is 9.97 Å². The molecule has 0 unspecified atom stereocenters. The van der Waals surface area contributed by atoms with Gasteiger partial charge in [0.2, 0.25) is 0 Å². The second-order valence-electron chi connectivity index (χ2n) is 5.15. The second-order valence-corrected chi connectivity index (χ2v) is 5.59. The van der Waals surface area contributed by atoms with Crippen molar-refractivity contribution in [2.24, 2.45) is 5.73 Å². The van der Waals surface area contributed by atoms with Crippen LogP contribution in [0.15, 0.2) is 30.3 Å². The highest BCUT2D eigenvalue weighted by Crippen LogP contribution is 2.28. The lowest BCUT2D eigenvalue weighted by molar-refractivity contribution is 0.900. The van der Waals surface area contributed by atoms with Crippen LogP contribution in [0, 0.1) is 6.92 Å². The molecule has 0 radical (unpaired) electrons. The van der Waals surface area contributed by atoms with E-state index in [1.165, 1.54) is 16.8 Å². The number of para-hydroxylation sites is 1. The van der Waals surface area contributed by atoms with Crippen molar-refractivity contribution in [1.82, 2.24) is 4.98 Å². The quantitative estimate of drug-likeness (QED) is 0.849. The van der Waals surface area contributed by atoms with Crippen LogP contribution < -0.4 is 11.1 Å². The highest BCUT2D eigenvalue weighted by Gasteiger charge is 2.18. The van der Waals surface area contributed by atoms with E-state index in [4.69, 9.17) is 22.9 Å². The van der Waals surface area contributed by atoms with Crippen LogP contribution in [0.25, 0.3) is 0 Å². The lowest BCUT2D eigenvalue weighted by Gasteiger charge is -2.14. The number of aromatic nitrogens is 1. The van der Waals surface area contributed by atoms with Crippen molar-refractivity contribution in [2.75, 3.05) is 5.32 Å². The topological polar surface area (TPSA) is 50.9 Å². The first-order valence-electron chi connectivity index (χ1n) is 6.80. The Morgan fingerprint density at radius 1 is 1.30 bits per heavy atom. The number of hydrogen-bond donors (Lipinski definition) is 2. The maximum Gasteiger partial charge on any atom is 0.140 e. The maximum atomic E-state index is 5.85. The van der Waals surface area contributed by atoms with Gasteiger partial charge in [-0.25, -0.2) is 4.98 Å². The van der Waals surface area contributed by atoms with Gasteiger partial charge in [-0.1, -0.05) is 30.4 Å². The van der Waals surface area contributed by atoms with Crippen LogP contribution in [0.1, 0.15) is 28.8 Å². The molecule has 0 atom stereocenters. The molecule has 1 aliphatic rings. The predicted molar refractivity (Wildman–Crippen MR) is 86.6 cm³/mol. The highest BCUT2D eigenvalue weighted by atomic mass is 32.1. The molecule has 3 rings (SSSR count). The van der Waals surface area contributed by atoms with Gasteiger partial charge in [0, 0.05) is 11.4 Å². The van der Waals surface area contributed by atoms with Gasteiger partial charge in [-0.05, 0) is 49.4 Å². The first-order chi connectivity index (χ1) is 9.65. The maximum absolute atomic E-state index is 5.85. The summed E-state index contributed by atoms with van der Waals surface area (Å²) in [6.07, 6.45) is 3.27. The van der Waals surface area contributed by atoms with Crippen LogP contribution in [-0.2, 0) is 12.8 Å². The Hall–Kier alpha value is -1.94. The minimum atomic E-state index is 0.392. The molecule has 2 aromatic rings. The molecule has 0 spiro atoms. The van der Waals surface area contributed by atoms with E-state index in [1.807, 2.05) is 18.2 Å². The molecule has 1 aromatic heterocycles. The summed E-state index contributed by atoms with van der Waals surface area (Å²) in [6, 6.07) is 10.2. The third-order valence-electron chi connectivity index (χ3n) is 3.71. The van der Waals surface area contributed by atoms with Crippen molar-refractivity contribution in [3.05, 3.63) is 52.7 Å². The lowest BCUT2D eigenvalue weighted by atomic mass is 10.1. The van der Waals surface area contributed by atoms with Crippen molar-refractivity contribution in [1.29, 1.82) is 0 Å². The fraction of sp³-hybridized carbons (Fsp3) is 0.250. The second kappa shape index (κ2) is 5.21. The predicted octanol–water partition coefficient (Wildman–Crippen LogP) is 3.26. The van der Waals surface area contributed by atoms with Gasteiger partial charge in [-0.15, -0.1) is 0 Å². The van der Waals surface area contributed by atoms with E-state index in [2.05, 4.69) is 24.4 Å². The zero-order valence-corrected chi connectivity index (χ0v) is 12.3. The monoisotopic (exact) mass is 283 g/mol. The van der Waals surface area contributed by atoms with Crippen LogP contribution in [0.5, 0.6) is 0 Å². The molecule has 0 bridgehead atoms. The number of hydrogen-bond acceptors (Lipinski definition) is 3. The molecule has 1 heterocycles. The lowest BCUT2D eigenvalue weighted by Crippen LogP contribution is -2.14. The fourth-order valence-corrected chi connectivity index (χ4v) is 2.75. The van der Waals surface area contributed by atoms with Crippen LogP contribution in [0.2, 0.25) is 0 Å². The first-order valence-corrected chi connectivity index (χ1v) is 7.21. The number of nitrogens with two attached hydrogens (primary N) is 1. The van der Waals surface area contributed by atoms with E-state index in [0.29, 0.717) is 4.99 Å². The molecule has 0 aliphatic heterocycles. The highest BCUT2D eigenvalue weighted by molar-refractivity contribution is 7.80. The van der Waals surface area contributed by atoms with E-state index >= 15 is 0 Å². The number of nitrogens with one attached hydrogen (secondary N) is 1. The number of fused-ring (bicyclic) bond motifs is 1. The Morgan fingerprint density at radius 3 is 2.85 bits per heavy atom. The van der Waals surface area contributed by atoms with Gasteiger partial charge in [-0.2, -0.15) is 0 Å².